The standard InChI is InChI=1S/C35H38N4O5/c1-7-22-18(3)27-14-31-23(8-2)21(6)35(17-40,39-31)16-32-20(5)25(10-12-34(43)44)30(38-32)15-29-24(9-11-33(41)42)19(4)26(37-29)13-28(22)36-27/h7-8,13-16,31,37,39-40H,1-2,9-12,17H2,3-6H3,(H,41,42)(H,43,44). The van der Waals surface area contributed by atoms with E-state index in [4.69, 9.17) is 9.98 Å². The lowest BCUT2D eigenvalue weighted by molar-refractivity contribution is -0.137. The predicted molar refractivity (Wildman–Crippen MR) is 173 cm³/mol. The lowest BCUT2D eigenvalue weighted by Crippen LogP contribution is -2.47. The summed E-state index contributed by atoms with van der Waals surface area (Å²) in [4.78, 5) is 36.6. The highest BCUT2D eigenvalue weighted by atomic mass is 16.4. The van der Waals surface area contributed by atoms with E-state index in [1.165, 1.54) is 0 Å². The van der Waals surface area contributed by atoms with Crippen molar-refractivity contribution in [2.45, 2.75) is 65.0 Å². The van der Waals surface area contributed by atoms with Crippen LogP contribution in [0.4, 0.5) is 0 Å². The van der Waals surface area contributed by atoms with E-state index in [2.05, 4.69) is 23.5 Å². The summed E-state index contributed by atoms with van der Waals surface area (Å²) in [7, 11) is 0. The molecule has 9 nitrogen and oxygen atoms in total. The van der Waals surface area contributed by atoms with E-state index in [1.807, 2.05) is 52.0 Å². The van der Waals surface area contributed by atoms with Gasteiger partial charge in [-0.05, 0) is 104 Å². The van der Waals surface area contributed by atoms with E-state index < -0.39 is 17.5 Å². The smallest absolute Gasteiger partial charge is 0.303 e. The average molecular weight is 595 g/mol. The van der Waals surface area contributed by atoms with E-state index in [-0.39, 0.29) is 31.9 Å². The summed E-state index contributed by atoms with van der Waals surface area (Å²) in [6.07, 6.45) is 11.8. The predicted octanol–water partition coefficient (Wildman–Crippen LogP) is 3.48. The highest BCUT2D eigenvalue weighted by Gasteiger charge is 2.41. The van der Waals surface area contributed by atoms with E-state index in [1.54, 1.807) is 12.2 Å². The van der Waals surface area contributed by atoms with Crippen LogP contribution in [0.1, 0.15) is 51.2 Å². The molecular weight excluding hydrogens is 556 g/mol. The molecule has 0 aromatic carbocycles. The van der Waals surface area contributed by atoms with Crippen LogP contribution in [-0.4, -0.2) is 61.9 Å². The number of hydrogen-bond acceptors (Lipinski definition) is 6. The van der Waals surface area contributed by atoms with Crippen LogP contribution in [0.15, 0.2) is 92.3 Å². The molecule has 0 fully saturated rings. The normalized spacial score (nSPS) is 22.7. The molecule has 2 atom stereocenters. The SMILES string of the molecule is C=CC1=C(C)C2=CC3NC(CO)(C=C4N=C(C=c5[nH]c(c(C)c5CCC(=O)O)=CC1=N2)C(CCC(=O)O)=C4C)C(C)=C3C=C. The molecule has 228 valence electrons. The second-order valence-electron chi connectivity index (χ2n) is 11.6. The summed E-state index contributed by atoms with van der Waals surface area (Å²) in [6.45, 7) is 15.7. The van der Waals surface area contributed by atoms with Crippen LogP contribution in [-0.2, 0) is 16.0 Å². The minimum atomic E-state index is -0.950. The number of rotatable bonds is 9. The van der Waals surface area contributed by atoms with Gasteiger partial charge in [0.25, 0.3) is 0 Å². The maximum Gasteiger partial charge on any atom is 0.303 e. The van der Waals surface area contributed by atoms with Crippen molar-refractivity contribution in [3.63, 3.8) is 0 Å². The molecular formula is C35H38N4O5. The van der Waals surface area contributed by atoms with Gasteiger partial charge >= 0.3 is 11.9 Å². The first-order valence-corrected chi connectivity index (χ1v) is 14.7. The molecule has 0 radical (unpaired) electrons. The molecule has 0 aliphatic carbocycles. The number of hydrogen-bond donors (Lipinski definition) is 5. The lowest BCUT2D eigenvalue weighted by atomic mass is 9.89. The van der Waals surface area contributed by atoms with E-state index in [9.17, 15) is 24.9 Å². The average Bonchev–Trinajstić information content (AvgIpc) is 3.62. The zero-order valence-electron chi connectivity index (χ0n) is 25.5. The van der Waals surface area contributed by atoms with Crippen molar-refractivity contribution in [1.82, 2.24) is 10.3 Å². The zero-order valence-corrected chi connectivity index (χ0v) is 25.5. The summed E-state index contributed by atoms with van der Waals surface area (Å²) in [6, 6.07) is -0.294. The van der Waals surface area contributed by atoms with Crippen molar-refractivity contribution in [2.24, 2.45) is 9.98 Å². The number of allylic oxidation sites excluding steroid dienone is 5. The largest absolute Gasteiger partial charge is 0.481 e. The van der Waals surface area contributed by atoms with Gasteiger partial charge in [-0.3, -0.25) is 14.9 Å². The molecule has 1 aromatic heterocycles. The van der Waals surface area contributed by atoms with Gasteiger partial charge in [0.1, 0.15) is 0 Å². The number of aliphatic hydroxyl groups is 1. The molecule has 5 rings (SSSR count). The van der Waals surface area contributed by atoms with Gasteiger partial charge in [-0.2, -0.15) is 0 Å². The Bertz CT molecular complexity index is 1860. The number of aromatic amines is 1. The van der Waals surface area contributed by atoms with Crippen LogP contribution in [0.25, 0.3) is 12.2 Å². The van der Waals surface area contributed by atoms with Gasteiger partial charge in [-0.15, -0.1) is 0 Å². The molecule has 4 aliphatic rings. The Morgan fingerprint density at radius 2 is 1.59 bits per heavy atom. The second kappa shape index (κ2) is 11.8. The molecule has 4 aliphatic heterocycles. The maximum atomic E-state index is 11.6. The zero-order chi connectivity index (χ0) is 31.9. The molecule has 0 saturated carbocycles. The quantitative estimate of drug-likeness (QED) is 0.296. The van der Waals surface area contributed by atoms with Crippen molar-refractivity contribution in [2.75, 3.05) is 6.61 Å². The third-order valence-corrected chi connectivity index (χ3v) is 9.11. The molecule has 44 heavy (non-hydrogen) atoms. The molecule has 8 bridgehead atoms. The number of carboxylic acid groups (broad SMARTS) is 2. The lowest BCUT2D eigenvalue weighted by Gasteiger charge is -2.28. The first-order valence-electron chi connectivity index (χ1n) is 14.7. The molecule has 0 spiro atoms. The monoisotopic (exact) mass is 594 g/mol. The van der Waals surface area contributed by atoms with Crippen LogP contribution >= 0.6 is 0 Å². The summed E-state index contributed by atoms with van der Waals surface area (Å²) in [5.41, 5.74) is 8.83. The molecule has 5 N–H and O–H groups in total. The Hall–Kier alpha value is -4.60. The van der Waals surface area contributed by atoms with Gasteiger partial charge in [0.15, 0.2) is 0 Å². The number of H-pyrrole nitrogens is 1. The minimum absolute atomic E-state index is 0.0502. The van der Waals surface area contributed by atoms with Crippen LogP contribution < -0.4 is 16.0 Å². The topological polar surface area (TPSA) is 147 Å². The van der Waals surface area contributed by atoms with Gasteiger partial charge in [0, 0.05) is 29.1 Å². The third kappa shape index (κ3) is 5.33. The van der Waals surface area contributed by atoms with Crippen LogP contribution in [0.2, 0.25) is 0 Å². The number of carboxylic acids is 2. The molecule has 5 heterocycles. The number of fused-ring (bicyclic) bond motifs is 6. The highest BCUT2D eigenvalue weighted by Crippen LogP contribution is 2.38. The van der Waals surface area contributed by atoms with Gasteiger partial charge in [0.05, 0.1) is 41.0 Å². The van der Waals surface area contributed by atoms with Crippen molar-refractivity contribution in [3.8, 4) is 0 Å². The fourth-order valence-electron chi connectivity index (χ4n) is 6.46. The molecule has 9 heteroatoms. The molecule has 2 unspecified atom stereocenters. The Morgan fingerprint density at radius 1 is 0.932 bits per heavy atom. The number of nitrogens with one attached hydrogen (secondary N) is 2. The van der Waals surface area contributed by atoms with E-state index in [0.29, 0.717) is 23.2 Å². The fraction of sp³-hybridized carbons (Fsp3) is 0.314. The van der Waals surface area contributed by atoms with Gasteiger partial charge in [-0.25, -0.2) is 9.98 Å². The summed E-state index contributed by atoms with van der Waals surface area (Å²) in [5.74, 6) is -1.81. The number of aliphatic hydroxyl groups excluding tert-OH is 1. The Labute approximate surface area is 256 Å². The van der Waals surface area contributed by atoms with Crippen molar-refractivity contribution < 1.29 is 24.9 Å². The van der Waals surface area contributed by atoms with Crippen LogP contribution in [0.5, 0.6) is 0 Å². The number of aliphatic carboxylic acids is 2. The van der Waals surface area contributed by atoms with Crippen molar-refractivity contribution >= 4 is 35.5 Å². The number of aliphatic imine (C=N–C) groups is 2. The maximum absolute atomic E-state index is 11.6. The fourth-order valence-corrected chi connectivity index (χ4v) is 6.46. The first-order chi connectivity index (χ1) is 20.9. The Morgan fingerprint density at radius 3 is 2.23 bits per heavy atom. The second-order valence-corrected chi connectivity index (χ2v) is 11.6. The van der Waals surface area contributed by atoms with E-state index >= 15 is 0 Å². The minimum Gasteiger partial charge on any atom is -0.481 e. The number of nitrogens with zero attached hydrogens (tertiary/aromatic N) is 2. The highest BCUT2D eigenvalue weighted by molar-refractivity contribution is 6.25. The Balaban J connectivity index is 1.85. The third-order valence-electron chi connectivity index (χ3n) is 9.11. The van der Waals surface area contributed by atoms with Crippen molar-refractivity contribution in [3.05, 3.63) is 104 Å². The number of carbonyl (C=O) groups is 2. The van der Waals surface area contributed by atoms with Crippen LogP contribution in [0, 0.1) is 6.92 Å². The van der Waals surface area contributed by atoms with E-state index in [0.717, 1.165) is 61.3 Å². The van der Waals surface area contributed by atoms with Crippen LogP contribution in [0.3, 0.4) is 0 Å². The molecule has 1 aromatic rings. The summed E-state index contributed by atoms with van der Waals surface area (Å²) < 4.78 is 0. The summed E-state index contributed by atoms with van der Waals surface area (Å²) >= 11 is 0. The molecule has 0 amide bonds. The number of aromatic nitrogens is 1. The van der Waals surface area contributed by atoms with Crippen molar-refractivity contribution in [1.29, 1.82) is 0 Å². The summed E-state index contributed by atoms with van der Waals surface area (Å²) in [5, 5.41) is 34.9. The molecule has 0 saturated heterocycles. The first kappa shape index (κ1) is 30.8. The van der Waals surface area contributed by atoms with Gasteiger partial charge in [0.2, 0.25) is 0 Å². The van der Waals surface area contributed by atoms with Gasteiger partial charge in [-0.1, -0.05) is 25.3 Å². The Kier molecular flexibility index (Phi) is 8.29. The van der Waals surface area contributed by atoms with Gasteiger partial charge < -0.3 is 20.3 Å².